The summed E-state index contributed by atoms with van der Waals surface area (Å²) in [5.41, 5.74) is 1.67. The van der Waals surface area contributed by atoms with Crippen LogP contribution < -0.4 is 5.32 Å². The van der Waals surface area contributed by atoms with Gasteiger partial charge in [0.25, 0.3) is 5.91 Å². The Kier molecular flexibility index (Phi) is 4.07. The lowest BCUT2D eigenvalue weighted by Crippen LogP contribution is -2.49. The van der Waals surface area contributed by atoms with Gasteiger partial charge >= 0.3 is 0 Å². The number of hydrogen-bond donors (Lipinski definition) is 1. The van der Waals surface area contributed by atoms with Gasteiger partial charge in [-0.3, -0.25) is 4.79 Å². The third-order valence-corrected chi connectivity index (χ3v) is 4.58. The van der Waals surface area contributed by atoms with Gasteiger partial charge < -0.3 is 19.4 Å². The molecule has 1 amide bonds. The monoisotopic (exact) mass is 336 g/mol. The van der Waals surface area contributed by atoms with Crippen molar-refractivity contribution in [3.05, 3.63) is 66.8 Å². The number of carbonyl (C=O) groups is 1. The lowest BCUT2D eigenvalue weighted by Gasteiger charge is -2.35. The van der Waals surface area contributed by atoms with Crippen LogP contribution in [0.25, 0.3) is 5.69 Å². The number of aryl methyl sites for hydroxylation is 1. The van der Waals surface area contributed by atoms with Gasteiger partial charge in [-0.25, -0.2) is 9.97 Å². The van der Waals surface area contributed by atoms with Gasteiger partial charge in [0, 0.05) is 62.7 Å². The van der Waals surface area contributed by atoms with E-state index in [9.17, 15) is 4.79 Å². The molecule has 7 heteroatoms. The van der Waals surface area contributed by atoms with Crippen LogP contribution in [0.4, 0.5) is 0 Å². The van der Waals surface area contributed by atoms with E-state index in [1.54, 1.807) is 18.7 Å². The molecule has 3 aromatic rings. The molecule has 128 valence electrons. The molecule has 1 aromatic carbocycles. The number of rotatable bonds is 3. The van der Waals surface area contributed by atoms with E-state index in [4.69, 9.17) is 0 Å². The van der Waals surface area contributed by atoms with Crippen LogP contribution >= 0.6 is 0 Å². The smallest absolute Gasteiger partial charge is 0.254 e. The van der Waals surface area contributed by atoms with Crippen LogP contribution in [-0.4, -0.2) is 49.5 Å². The minimum Gasteiger partial charge on any atom is -0.336 e. The Morgan fingerprint density at radius 1 is 1.20 bits per heavy atom. The molecule has 0 bridgehead atoms. The highest BCUT2D eigenvalue weighted by molar-refractivity contribution is 5.94. The van der Waals surface area contributed by atoms with Gasteiger partial charge in [0.15, 0.2) is 0 Å². The minimum atomic E-state index is -0.0606. The average molecular weight is 336 g/mol. The summed E-state index contributed by atoms with van der Waals surface area (Å²) in [5, 5.41) is 3.36. The standard InChI is InChI=1S/C18H20N6O/c1-22-9-8-21-17(22)16-12-19-7-11-24(16)18(25)14-2-4-15(5-3-14)23-10-6-20-13-23/h2-6,8-10,13,16,19H,7,11-12H2,1H3. The third kappa shape index (κ3) is 2.94. The summed E-state index contributed by atoms with van der Waals surface area (Å²) in [7, 11) is 1.96. The predicted molar refractivity (Wildman–Crippen MR) is 93.4 cm³/mol. The molecule has 1 saturated heterocycles. The lowest BCUT2D eigenvalue weighted by atomic mass is 10.1. The zero-order chi connectivity index (χ0) is 17.2. The van der Waals surface area contributed by atoms with Gasteiger partial charge in [-0.1, -0.05) is 0 Å². The second kappa shape index (κ2) is 6.52. The number of nitrogens with one attached hydrogen (secondary N) is 1. The highest BCUT2D eigenvalue weighted by Gasteiger charge is 2.30. The van der Waals surface area contributed by atoms with E-state index in [0.29, 0.717) is 18.7 Å². The zero-order valence-corrected chi connectivity index (χ0v) is 14.0. The maximum absolute atomic E-state index is 13.1. The van der Waals surface area contributed by atoms with Crippen molar-refractivity contribution >= 4 is 5.91 Å². The number of aromatic nitrogens is 4. The van der Waals surface area contributed by atoms with Crippen molar-refractivity contribution in [1.82, 2.24) is 29.3 Å². The minimum absolute atomic E-state index is 0.0340. The fraction of sp³-hybridized carbons (Fsp3) is 0.278. The Morgan fingerprint density at radius 2 is 2.04 bits per heavy atom. The lowest BCUT2D eigenvalue weighted by molar-refractivity contribution is 0.0621. The molecule has 1 N–H and O–H groups in total. The van der Waals surface area contributed by atoms with Crippen LogP contribution in [0.3, 0.4) is 0 Å². The van der Waals surface area contributed by atoms with E-state index in [0.717, 1.165) is 18.1 Å². The van der Waals surface area contributed by atoms with Gasteiger partial charge in [0.05, 0.1) is 6.33 Å². The van der Waals surface area contributed by atoms with E-state index in [1.807, 2.05) is 57.7 Å². The van der Waals surface area contributed by atoms with Gasteiger partial charge in [0.1, 0.15) is 11.9 Å². The first-order chi connectivity index (χ1) is 12.2. The van der Waals surface area contributed by atoms with E-state index >= 15 is 0 Å². The molecule has 0 saturated carbocycles. The maximum Gasteiger partial charge on any atom is 0.254 e. The van der Waals surface area contributed by atoms with Crippen molar-refractivity contribution < 1.29 is 4.79 Å². The Morgan fingerprint density at radius 3 is 2.72 bits per heavy atom. The van der Waals surface area contributed by atoms with Crippen molar-refractivity contribution in [1.29, 1.82) is 0 Å². The number of imidazole rings is 2. The summed E-state index contributed by atoms with van der Waals surface area (Å²) in [6.45, 7) is 2.17. The Hall–Kier alpha value is -2.93. The van der Waals surface area contributed by atoms with Gasteiger partial charge in [-0.15, -0.1) is 0 Å². The van der Waals surface area contributed by atoms with Crippen molar-refractivity contribution in [2.24, 2.45) is 7.05 Å². The normalized spacial score (nSPS) is 17.6. The number of piperazine rings is 1. The molecule has 0 spiro atoms. The van der Waals surface area contributed by atoms with E-state index < -0.39 is 0 Å². The number of benzene rings is 1. The SMILES string of the molecule is Cn1ccnc1C1CNCCN1C(=O)c1ccc(-n2ccnc2)cc1. The zero-order valence-electron chi connectivity index (χ0n) is 14.0. The quantitative estimate of drug-likeness (QED) is 0.785. The predicted octanol–water partition coefficient (Wildman–Crippen LogP) is 1.39. The second-order valence-corrected chi connectivity index (χ2v) is 6.13. The molecule has 1 atom stereocenters. The first-order valence-corrected chi connectivity index (χ1v) is 8.31. The summed E-state index contributed by atoms with van der Waals surface area (Å²) in [6.07, 6.45) is 9.03. The molecule has 25 heavy (non-hydrogen) atoms. The van der Waals surface area contributed by atoms with Crippen LogP contribution in [0.5, 0.6) is 0 Å². The Bertz CT molecular complexity index is 852. The fourth-order valence-electron chi connectivity index (χ4n) is 3.23. The molecule has 1 aliphatic rings. The first-order valence-electron chi connectivity index (χ1n) is 8.31. The Labute approximate surface area is 145 Å². The number of amides is 1. The molecule has 7 nitrogen and oxygen atoms in total. The van der Waals surface area contributed by atoms with Crippen molar-refractivity contribution in [3.8, 4) is 5.69 Å². The molecule has 1 aliphatic heterocycles. The summed E-state index contributed by atoms with van der Waals surface area (Å²) in [6, 6.07) is 7.55. The highest BCUT2D eigenvalue weighted by atomic mass is 16.2. The third-order valence-electron chi connectivity index (χ3n) is 4.58. The van der Waals surface area contributed by atoms with E-state index in [2.05, 4.69) is 15.3 Å². The molecule has 0 radical (unpaired) electrons. The van der Waals surface area contributed by atoms with Crippen LogP contribution in [0.1, 0.15) is 22.2 Å². The molecule has 1 unspecified atom stereocenters. The van der Waals surface area contributed by atoms with E-state index in [-0.39, 0.29) is 11.9 Å². The van der Waals surface area contributed by atoms with Gasteiger partial charge in [0.2, 0.25) is 0 Å². The molecule has 0 aliphatic carbocycles. The fourth-order valence-corrected chi connectivity index (χ4v) is 3.23. The maximum atomic E-state index is 13.1. The van der Waals surface area contributed by atoms with Crippen LogP contribution in [0, 0.1) is 0 Å². The van der Waals surface area contributed by atoms with Gasteiger partial charge in [-0.05, 0) is 24.3 Å². The van der Waals surface area contributed by atoms with Crippen molar-refractivity contribution in [3.63, 3.8) is 0 Å². The van der Waals surface area contributed by atoms with Crippen LogP contribution in [0.2, 0.25) is 0 Å². The summed E-state index contributed by atoms with van der Waals surface area (Å²) in [4.78, 5) is 23.4. The van der Waals surface area contributed by atoms with Crippen molar-refractivity contribution in [2.75, 3.05) is 19.6 Å². The Balaban J connectivity index is 1.59. The summed E-state index contributed by atoms with van der Waals surface area (Å²) < 4.78 is 3.88. The summed E-state index contributed by atoms with van der Waals surface area (Å²) >= 11 is 0. The number of nitrogens with zero attached hydrogens (tertiary/aromatic N) is 5. The number of carbonyl (C=O) groups excluding carboxylic acids is 1. The molecular weight excluding hydrogens is 316 g/mol. The molecule has 1 fully saturated rings. The molecular formula is C18H20N6O. The second-order valence-electron chi connectivity index (χ2n) is 6.13. The van der Waals surface area contributed by atoms with Crippen LogP contribution in [-0.2, 0) is 7.05 Å². The highest BCUT2D eigenvalue weighted by Crippen LogP contribution is 2.23. The molecule has 2 aromatic heterocycles. The van der Waals surface area contributed by atoms with Crippen molar-refractivity contribution in [2.45, 2.75) is 6.04 Å². The largest absolute Gasteiger partial charge is 0.336 e. The number of hydrogen-bond acceptors (Lipinski definition) is 4. The summed E-state index contributed by atoms with van der Waals surface area (Å²) in [5.74, 6) is 0.933. The topological polar surface area (TPSA) is 68.0 Å². The van der Waals surface area contributed by atoms with Crippen LogP contribution in [0.15, 0.2) is 55.4 Å². The van der Waals surface area contributed by atoms with Gasteiger partial charge in [-0.2, -0.15) is 0 Å². The molecule has 3 heterocycles. The molecule has 4 rings (SSSR count). The first kappa shape index (κ1) is 15.6. The average Bonchev–Trinajstić information content (AvgIpc) is 3.33. The van der Waals surface area contributed by atoms with E-state index in [1.165, 1.54) is 0 Å².